The van der Waals surface area contributed by atoms with Gasteiger partial charge in [0.2, 0.25) is 5.12 Å². The van der Waals surface area contributed by atoms with Crippen molar-refractivity contribution >= 4 is 28.8 Å². The molecule has 0 spiro atoms. The lowest BCUT2D eigenvalue weighted by molar-refractivity contribution is -0.148. The van der Waals surface area contributed by atoms with Gasteiger partial charge >= 0.3 is 11.9 Å². The second-order valence-electron chi connectivity index (χ2n) is 3.34. The summed E-state index contributed by atoms with van der Waals surface area (Å²) >= 11 is 0.963. The van der Waals surface area contributed by atoms with Crippen LogP contribution in [0.5, 0.6) is 0 Å². The van der Waals surface area contributed by atoms with Crippen LogP contribution in [0.4, 0.5) is 0 Å². The van der Waals surface area contributed by atoms with Crippen molar-refractivity contribution in [3.8, 4) is 0 Å². The summed E-state index contributed by atoms with van der Waals surface area (Å²) < 4.78 is 0. The summed E-state index contributed by atoms with van der Waals surface area (Å²) in [6.07, 6.45) is -0.261. The van der Waals surface area contributed by atoms with E-state index in [1.807, 2.05) is 0 Å². The summed E-state index contributed by atoms with van der Waals surface area (Å²) in [6.45, 7) is 5.03. The average Bonchev–Trinajstić information content (AvgIpc) is 2.14. The minimum Gasteiger partial charge on any atom is -0.481 e. The molecule has 0 heterocycles. The topological polar surface area (TPSA) is 91.7 Å². The second-order valence-corrected chi connectivity index (χ2v) is 4.41. The zero-order valence-corrected chi connectivity index (χ0v) is 9.75. The van der Waals surface area contributed by atoms with Gasteiger partial charge in [0.15, 0.2) is 0 Å². The van der Waals surface area contributed by atoms with E-state index in [1.54, 1.807) is 6.92 Å². The Morgan fingerprint density at radius 3 is 2.25 bits per heavy atom. The molecule has 1 atom stereocenters. The molecule has 6 heteroatoms. The standard InChI is InChI=1S/C10H14O5S/c1-6(2)10(15)16-4-3-7(9(13)14)5-8(11)12/h7H,1,3-5H2,2H3,(H,11,12)(H,13,14). The van der Waals surface area contributed by atoms with Gasteiger partial charge < -0.3 is 10.2 Å². The molecule has 0 amide bonds. The Hall–Kier alpha value is -1.30. The highest BCUT2D eigenvalue weighted by Crippen LogP contribution is 2.16. The molecule has 0 bridgehead atoms. The minimum atomic E-state index is -1.15. The summed E-state index contributed by atoms with van der Waals surface area (Å²) in [7, 11) is 0. The molecular weight excluding hydrogens is 232 g/mol. The van der Waals surface area contributed by atoms with Gasteiger partial charge in [-0.05, 0) is 18.9 Å². The Balaban J connectivity index is 4.03. The highest BCUT2D eigenvalue weighted by atomic mass is 32.2. The van der Waals surface area contributed by atoms with Crippen molar-refractivity contribution in [3.05, 3.63) is 12.2 Å². The first-order valence-corrected chi connectivity index (χ1v) is 5.60. The minimum absolute atomic E-state index is 0.158. The van der Waals surface area contributed by atoms with Crippen LogP contribution in [0.15, 0.2) is 12.2 Å². The lowest BCUT2D eigenvalue weighted by Crippen LogP contribution is -2.18. The Morgan fingerprint density at radius 2 is 1.88 bits per heavy atom. The molecule has 16 heavy (non-hydrogen) atoms. The van der Waals surface area contributed by atoms with Gasteiger partial charge in [0.25, 0.3) is 0 Å². The summed E-state index contributed by atoms with van der Waals surface area (Å²) in [5.41, 5.74) is 0.398. The first-order valence-electron chi connectivity index (χ1n) is 4.61. The highest BCUT2D eigenvalue weighted by molar-refractivity contribution is 8.14. The van der Waals surface area contributed by atoms with Gasteiger partial charge in [0.1, 0.15) is 0 Å². The van der Waals surface area contributed by atoms with Crippen molar-refractivity contribution in [3.63, 3.8) is 0 Å². The molecule has 90 valence electrons. The molecule has 0 aromatic carbocycles. The molecule has 0 aliphatic heterocycles. The Kier molecular flexibility index (Phi) is 6.48. The van der Waals surface area contributed by atoms with Gasteiger partial charge in [-0.2, -0.15) is 0 Å². The maximum Gasteiger partial charge on any atom is 0.307 e. The monoisotopic (exact) mass is 246 g/mol. The number of hydrogen-bond donors (Lipinski definition) is 2. The van der Waals surface area contributed by atoms with Gasteiger partial charge in [-0.15, -0.1) is 0 Å². The van der Waals surface area contributed by atoms with E-state index in [4.69, 9.17) is 10.2 Å². The number of thioether (sulfide) groups is 1. The summed E-state index contributed by atoms with van der Waals surface area (Å²) in [4.78, 5) is 32.2. The van der Waals surface area contributed by atoms with Crippen molar-refractivity contribution in [1.29, 1.82) is 0 Å². The van der Waals surface area contributed by atoms with Crippen LogP contribution in [0.1, 0.15) is 19.8 Å². The van der Waals surface area contributed by atoms with Crippen LogP contribution >= 0.6 is 11.8 Å². The van der Waals surface area contributed by atoms with Gasteiger partial charge in [-0.1, -0.05) is 18.3 Å². The third-order valence-electron chi connectivity index (χ3n) is 1.82. The first kappa shape index (κ1) is 14.7. The van der Waals surface area contributed by atoms with E-state index in [0.717, 1.165) is 11.8 Å². The summed E-state index contributed by atoms with van der Waals surface area (Å²) in [6, 6.07) is 0. The van der Waals surface area contributed by atoms with Crippen LogP contribution < -0.4 is 0 Å². The predicted octanol–water partition coefficient (Wildman–Crippen LogP) is 1.39. The predicted molar refractivity (Wildman–Crippen MR) is 60.3 cm³/mol. The van der Waals surface area contributed by atoms with Crippen molar-refractivity contribution in [2.75, 3.05) is 5.75 Å². The highest BCUT2D eigenvalue weighted by Gasteiger charge is 2.21. The maximum atomic E-state index is 11.1. The first-order chi connectivity index (χ1) is 7.34. The molecule has 0 rings (SSSR count). The molecule has 0 saturated carbocycles. The number of carbonyl (C=O) groups is 3. The van der Waals surface area contributed by atoms with Crippen LogP contribution in [0, 0.1) is 5.92 Å². The van der Waals surface area contributed by atoms with Crippen LogP contribution in [0.2, 0.25) is 0 Å². The third-order valence-corrected chi connectivity index (χ3v) is 2.87. The SMILES string of the molecule is C=C(C)C(=O)SCCC(CC(=O)O)C(=O)O. The second kappa shape index (κ2) is 7.05. The van der Waals surface area contributed by atoms with Crippen molar-refractivity contribution in [2.24, 2.45) is 5.92 Å². The van der Waals surface area contributed by atoms with Crippen LogP contribution in [0.25, 0.3) is 0 Å². The number of carboxylic acids is 2. The van der Waals surface area contributed by atoms with Gasteiger partial charge in [-0.25, -0.2) is 0 Å². The quantitative estimate of drug-likeness (QED) is 0.659. The fraction of sp³-hybridized carbons (Fsp3) is 0.500. The zero-order chi connectivity index (χ0) is 12.7. The lowest BCUT2D eigenvalue weighted by atomic mass is 10.0. The van der Waals surface area contributed by atoms with Gasteiger partial charge in [0.05, 0.1) is 12.3 Å². The fourth-order valence-electron chi connectivity index (χ4n) is 0.941. The molecule has 0 aliphatic rings. The molecule has 0 aromatic heterocycles. The van der Waals surface area contributed by atoms with Crippen LogP contribution in [-0.2, 0) is 14.4 Å². The van der Waals surface area contributed by atoms with E-state index in [2.05, 4.69) is 6.58 Å². The number of hydrogen-bond acceptors (Lipinski definition) is 4. The molecule has 5 nitrogen and oxygen atoms in total. The van der Waals surface area contributed by atoms with Crippen molar-refractivity contribution in [2.45, 2.75) is 19.8 Å². The number of aliphatic carboxylic acids is 2. The molecule has 0 radical (unpaired) electrons. The van der Waals surface area contributed by atoms with E-state index in [1.165, 1.54) is 0 Å². The van der Waals surface area contributed by atoms with Crippen molar-refractivity contribution in [1.82, 2.24) is 0 Å². The Bertz CT molecular complexity index is 310. The summed E-state index contributed by atoms with van der Waals surface area (Å²) in [5, 5.41) is 17.0. The maximum absolute atomic E-state index is 11.1. The smallest absolute Gasteiger partial charge is 0.307 e. The van der Waals surface area contributed by atoms with E-state index < -0.39 is 24.3 Å². The zero-order valence-electron chi connectivity index (χ0n) is 8.93. The van der Waals surface area contributed by atoms with E-state index in [0.29, 0.717) is 5.57 Å². The van der Waals surface area contributed by atoms with Crippen LogP contribution in [0.3, 0.4) is 0 Å². The molecular formula is C10H14O5S. The number of carbonyl (C=O) groups excluding carboxylic acids is 1. The van der Waals surface area contributed by atoms with Gasteiger partial charge in [-0.3, -0.25) is 14.4 Å². The Labute approximate surface area is 97.5 Å². The van der Waals surface area contributed by atoms with E-state index in [-0.39, 0.29) is 17.3 Å². The molecule has 0 fully saturated rings. The number of carboxylic acid groups (broad SMARTS) is 2. The third kappa shape index (κ3) is 6.23. The van der Waals surface area contributed by atoms with E-state index >= 15 is 0 Å². The fourth-order valence-corrected chi connectivity index (χ4v) is 1.77. The molecule has 0 aromatic rings. The van der Waals surface area contributed by atoms with Gasteiger partial charge in [0, 0.05) is 5.75 Å². The molecule has 0 saturated heterocycles. The number of rotatable bonds is 7. The van der Waals surface area contributed by atoms with Crippen molar-refractivity contribution < 1.29 is 24.6 Å². The lowest BCUT2D eigenvalue weighted by Gasteiger charge is -2.08. The molecule has 0 aliphatic carbocycles. The summed E-state index contributed by atoms with van der Waals surface area (Å²) in [5.74, 6) is -2.95. The normalized spacial score (nSPS) is 11.8. The van der Waals surface area contributed by atoms with Crippen LogP contribution in [-0.4, -0.2) is 33.0 Å². The Morgan fingerprint density at radius 1 is 1.31 bits per heavy atom. The largest absolute Gasteiger partial charge is 0.481 e. The molecule has 1 unspecified atom stereocenters. The average molecular weight is 246 g/mol. The molecule has 2 N–H and O–H groups in total. The van der Waals surface area contributed by atoms with E-state index in [9.17, 15) is 14.4 Å².